The second-order valence-electron chi connectivity index (χ2n) is 4.65. The maximum absolute atomic E-state index is 9.16. The van der Waals surface area contributed by atoms with Crippen molar-refractivity contribution in [2.24, 2.45) is 5.92 Å². The van der Waals surface area contributed by atoms with Crippen molar-refractivity contribution in [1.29, 1.82) is 0 Å². The van der Waals surface area contributed by atoms with Crippen LogP contribution in [0.1, 0.15) is 29.8 Å². The third kappa shape index (κ3) is 1.47. The Hall–Kier alpha value is -0.610. The second kappa shape index (κ2) is 3.46. The number of aryl methyl sites for hydroxylation is 1. The average molecular weight is 224 g/mol. The van der Waals surface area contributed by atoms with Crippen LogP contribution < -0.4 is 4.90 Å². The molecule has 1 saturated carbocycles. The van der Waals surface area contributed by atoms with Gasteiger partial charge in [-0.15, -0.1) is 0 Å². The first-order valence-corrected chi connectivity index (χ1v) is 6.43. The fourth-order valence-electron chi connectivity index (χ4n) is 2.84. The van der Waals surface area contributed by atoms with Crippen LogP contribution in [0.15, 0.2) is 0 Å². The predicted octanol–water partition coefficient (Wildman–Crippen LogP) is 1.93. The number of piperidine rings is 1. The van der Waals surface area contributed by atoms with Gasteiger partial charge in [-0.2, -0.15) is 0 Å². The lowest BCUT2D eigenvalue weighted by atomic mass is 10.1. The SMILES string of the molecule is Cc1nc(N2CC3CCC2C3)sc1CO. The molecule has 1 saturated heterocycles. The number of aliphatic hydroxyl groups excluding tert-OH is 1. The zero-order valence-electron chi connectivity index (χ0n) is 8.94. The zero-order valence-corrected chi connectivity index (χ0v) is 9.76. The molecule has 2 heterocycles. The molecule has 3 rings (SSSR count). The summed E-state index contributed by atoms with van der Waals surface area (Å²) < 4.78 is 0. The maximum Gasteiger partial charge on any atom is 0.186 e. The molecule has 2 bridgehead atoms. The van der Waals surface area contributed by atoms with E-state index < -0.39 is 0 Å². The molecule has 82 valence electrons. The van der Waals surface area contributed by atoms with E-state index in [1.54, 1.807) is 11.3 Å². The van der Waals surface area contributed by atoms with Gasteiger partial charge in [-0.25, -0.2) is 4.98 Å². The van der Waals surface area contributed by atoms with Gasteiger partial charge in [-0.05, 0) is 32.1 Å². The topological polar surface area (TPSA) is 36.4 Å². The van der Waals surface area contributed by atoms with Gasteiger partial charge in [0.25, 0.3) is 0 Å². The molecule has 0 aromatic carbocycles. The molecule has 15 heavy (non-hydrogen) atoms. The lowest BCUT2D eigenvalue weighted by molar-refractivity contribution is 0.284. The van der Waals surface area contributed by atoms with Crippen LogP contribution in [0.2, 0.25) is 0 Å². The third-order valence-corrected chi connectivity index (χ3v) is 4.86. The quantitative estimate of drug-likeness (QED) is 0.834. The second-order valence-corrected chi connectivity index (χ2v) is 5.71. The van der Waals surface area contributed by atoms with Gasteiger partial charge in [0.1, 0.15) is 0 Å². The maximum atomic E-state index is 9.16. The number of fused-ring (bicyclic) bond motifs is 2. The Labute approximate surface area is 93.8 Å². The largest absolute Gasteiger partial charge is 0.391 e. The highest BCUT2D eigenvalue weighted by atomic mass is 32.1. The lowest BCUT2D eigenvalue weighted by Crippen LogP contribution is -2.31. The van der Waals surface area contributed by atoms with Crippen LogP contribution >= 0.6 is 11.3 Å². The van der Waals surface area contributed by atoms with Crippen LogP contribution in [0.5, 0.6) is 0 Å². The van der Waals surface area contributed by atoms with E-state index in [0.717, 1.165) is 27.7 Å². The third-order valence-electron chi connectivity index (χ3n) is 3.68. The van der Waals surface area contributed by atoms with Gasteiger partial charge in [-0.3, -0.25) is 0 Å². The van der Waals surface area contributed by atoms with Gasteiger partial charge < -0.3 is 10.0 Å². The summed E-state index contributed by atoms with van der Waals surface area (Å²) in [4.78, 5) is 8.04. The van der Waals surface area contributed by atoms with Crippen molar-refractivity contribution in [3.05, 3.63) is 10.6 Å². The molecule has 0 spiro atoms. The van der Waals surface area contributed by atoms with Crippen molar-refractivity contribution in [2.45, 2.75) is 38.8 Å². The fourth-order valence-corrected chi connectivity index (χ4v) is 3.84. The van der Waals surface area contributed by atoms with Crippen molar-refractivity contribution in [2.75, 3.05) is 11.4 Å². The molecule has 1 aliphatic heterocycles. The van der Waals surface area contributed by atoms with E-state index in [0.29, 0.717) is 0 Å². The van der Waals surface area contributed by atoms with Gasteiger partial charge >= 0.3 is 0 Å². The Morgan fingerprint density at radius 3 is 2.93 bits per heavy atom. The van der Waals surface area contributed by atoms with E-state index >= 15 is 0 Å². The molecule has 3 nitrogen and oxygen atoms in total. The summed E-state index contributed by atoms with van der Waals surface area (Å²) in [5.74, 6) is 0.900. The highest BCUT2D eigenvalue weighted by molar-refractivity contribution is 7.15. The number of hydrogen-bond donors (Lipinski definition) is 1. The summed E-state index contributed by atoms with van der Waals surface area (Å²) >= 11 is 1.66. The highest BCUT2D eigenvalue weighted by Crippen LogP contribution is 2.41. The average Bonchev–Trinajstić information content (AvgIpc) is 2.90. The minimum absolute atomic E-state index is 0.130. The number of nitrogens with zero attached hydrogens (tertiary/aromatic N) is 2. The molecule has 1 aromatic rings. The molecule has 1 N–H and O–H groups in total. The van der Waals surface area contributed by atoms with Gasteiger partial charge in [0.2, 0.25) is 0 Å². The minimum Gasteiger partial charge on any atom is -0.391 e. The molecule has 2 unspecified atom stereocenters. The van der Waals surface area contributed by atoms with Crippen LogP contribution in [0.4, 0.5) is 5.13 Å². The van der Waals surface area contributed by atoms with Crippen molar-refractivity contribution in [1.82, 2.24) is 4.98 Å². The van der Waals surface area contributed by atoms with Gasteiger partial charge in [-0.1, -0.05) is 11.3 Å². The number of rotatable bonds is 2. The Kier molecular flexibility index (Phi) is 2.21. The predicted molar refractivity (Wildman–Crippen MR) is 61.2 cm³/mol. The Balaban J connectivity index is 1.87. The minimum atomic E-state index is 0.130. The van der Waals surface area contributed by atoms with Gasteiger partial charge in [0.15, 0.2) is 5.13 Å². The van der Waals surface area contributed by atoms with Gasteiger partial charge in [0.05, 0.1) is 17.2 Å². The Morgan fingerprint density at radius 2 is 2.40 bits per heavy atom. The first kappa shape index (κ1) is 9.60. The number of hydrogen-bond acceptors (Lipinski definition) is 4. The number of aromatic nitrogens is 1. The Morgan fingerprint density at radius 1 is 1.53 bits per heavy atom. The smallest absolute Gasteiger partial charge is 0.186 e. The standard InChI is InChI=1S/C11H16N2OS/c1-7-10(6-14)15-11(12-7)13-5-8-2-3-9(13)4-8/h8-9,14H,2-6H2,1H3. The van der Waals surface area contributed by atoms with Crippen molar-refractivity contribution >= 4 is 16.5 Å². The van der Waals surface area contributed by atoms with Crippen LogP contribution in [0.25, 0.3) is 0 Å². The fraction of sp³-hybridized carbons (Fsp3) is 0.727. The summed E-state index contributed by atoms with van der Waals surface area (Å²) in [6.45, 7) is 3.30. The molecular weight excluding hydrogens is 208 g/mol. The van der Waals surface area contributed by atoms with Crippen molar-refractivity contribution in [3.8, 4) is 0 Å². The monoisotopic (exact) mass is 224 g/mol. The molecular formula is C11H16N2OS. The van der Waals surface area contributed by atoms with E-state index in [2.05, 4.69) is 9.88 Å². The molecule has 2 fully saturated rings. The summed E-state index contributed by atoms with van der Waals surface area (Å²) in [6, 6.07) is 0.729. The van der Waals surface area contributed by atoms with Crippen LogP contribution in [-0.4, -0.2) is 22.7 Å². The molecule has 2 aliphatic rings. The van der Waals surface area contributed by atoms with Crippen molar-refractivity contribution < 1.29 is 5.11 Å². The van der Waals surface area contributed by atoms with Crippen molar-refractivity contribution in [3.63, 3.8) is 0 Å². The van der Waals surface area contributed by atoms with Crippen LogP contribution in [0, 0.1) is 12.8 Å². The summed E-state index contributed by atoms with van der Waals surface area (Å²) in [5.41, 5.74) is 1.00. The zero-order chi connectivity index (χ0) is 10.4. The highest BCUT2D eigenvalue weighted by Gasteiger charge is 2.39. The molecule has 2 atom stereocenters. The summed E-state index contributed by atoms with van der Waals surface area (Å²) in [5, 5.41) is 10.3. The summed E-state index contributed by atoms with van der Waals surface area (Å²) in [7, 11) is 0. The number of anilines is 1. The van der Waals surface area contributed by atoms with E-state index in [9.17, 15) is 0 Å². The van der Waals surface area contributed by atoms with E-state index in [-0.39, 0.29) is 6.61 Å². The lowest BCUT2D eigenvalue weighted by Gasteiger charge is -2.26. The normalized spacial score (nSPS) is 29.1. The van der Waals surface area contributed by atoms with Gasteiger partial charge in [0, 0.05) is 12.6 Å². The first-order valence-electron chi connectivity index (χ1n) is 5.61. The number of thiazole rings is 1. The van der Waals surface area contributed by atoms with Crippen LogP contribution in [0.3, 0.4) is 0 Å². The van der Waals surface area contributed by atoms with E-state index in [1.165, 1.54) is 25.8 Å². The van der Waals surface area contributed by atoms with Crippen LogP contribution in [-0.2, 0) is 6.61 Å². The summed E-state index contributed by atoms with van der Waals surface area (Å²) in [6.07, 6.45) is 4.09. The first-order chi connectivity index (χ1) is 7.28. The van der Waals surface area contributed by atoms with E-state index in [1.807, 2.05) is 6.92 Å². The molecule has 1 aliphatic carbocycles. The number of aliphatic hydroxyl groups is 1. The van der Waals surface area contributed by atoms with E-state index in [4.69, 9.17) is 5.11 Å². The Bertz CT molecular complexity index is 377. The molecule has 1 aromatic heterocycles. The molecule has 0 radical (unpaired) electrons. The molecule has 4 heteroatoms. The molecule has 0 amide bonds.